The third-order valence-electron chi connectivity index (χ3n) is 14.7. The first-order chi connectivity index (χ1) is 50.6. The van der Waals surface area contributed by atoms with Gasteiger partial charge in [0.2, 0.25) is 5.39 Å². The number of carbonyl (C=O) groups excluding carboxylic acids is 2. The highest BCUT2D eigenvalue weighted by atomic mass is 16.5. The number of esters is 2. The van der Waals surface area contributed by atoms with Gasteiger partial charge in [-0.2, -0.15) is 40.9 Å². The molecule has 0 amide bonds. The first-order valence-corrected chi connectivity index (χ1v) is 33.4. The van der Waals surface area contributed by atoms with E-state index in [-0.39, 0.29) is 72.0 Å². The van der Waals surface area contributed by atoms with Crippen LogP contribution in [0.25, 0.3) is 4.98 Å². The number of para-hydroxylation sites is 1. The largest absolute Gasteiger partial charge is 0.460 e. The van der Waals surface area contributed by atoms with E-state index >= 15 is 0 Å². The number of hydrogen-bond donors (Lipinski definition) is 9. The SMILES string of the molecule is C=C(C)C(=O)OCCN(CCO)c1ccc(N=Nc2ccc(N=Nc3ccc(N(CCO)CCO)cc3)cc2)cc1.C=C(C)C(=O)OCCN(CCO)c1ccccc1.N#[N+]c1ccc(N=Nc2ccc(N(CCO)CCO)cc2)cc1.Nc1ccc(N=Nc2ccc(N(CCO)CCO)cc2)cc1. The van der Waals surface area contributed by atoms with Gasteiger partial charge in [0.25, 0.3) is 0 Å². The maximum Gasteiger partial charge on any atom is 0.385 e. The Balaban J connectivity index is 0.000000264. The zero-order valence-electron chi connectivity index (χ0n) is 58.6. The van der Waals surface area contributed by atoms with E-state index in [2.05, 4.69) is 59.0 Å². The van der Waals surface area contributed by atoms with Gasteiger partial charge in [-0.05, 0) is 184 Å². The third-order valence-corrected chi connectivity index (χ3v) is 14.7. The summed E-state index contributed by atoms with van der Waals surface area (Å²) in [6.45, 7) is 15.6. The molecule has 0 unspecified atom stereocenters. The van der Waals surface area contributed by atoms with Crippen LogP contribution in [0.1, 0.15) is 13.8 Å². The predicted molar refractivity (Wildman–Crippen MR) is 407 cm³/mol. The number of azo groups is 4. The van der Waals surface area contributed by atoms with Crippen LogP contribution < -0.4 is 30.2 Å². The van der Waals surface area contributed by atoms with Gasteiger partial charge < -0.3 is 80.6 Å². The van der Waals surface area contributed by atoms with Crippen molar-refractivity contribution in [3.05, 3.63) is 229 Å². The first kappa shape index (κ1) is 83.1. The molecule has 8 aromatic carbocycles. The summed E-state index contributed by atoms with van der Waals surface area (Å²) < 4.78 is 10.2. The molecule has 10 N–H and O–H groups in total. The fourth-order valence-electron chi connectivity index (χ4n) is 9.29. The highest BCUT2D eigenvalue weighted by molar-refractivity contribution is 5.87. The molecule has 8 rings (SSSR count). The van der Waals surface area contributed by atoms with Gasteiger partial charge in [0.15, 0.2) is 4.98 Å². The molecule has 548 valence electrons. The van der Waals surface area contributed by atoms with E-state index in [9.17, 15) is 24.9 Å². The summed E-state index contributed by atoms with van der Waals surface area (Å²) in [4.78, 5) is 35.5. The van der Waals surface area contributed by atoms with Gasteiger partial charge in [0.1, 0.15) is 13.2 Å². The standard InChI is InChI=1S/C30H36N6O5.C16H18N5O2.C16H20N4O2.C14H19NO3/c1-23(2)30(40)41-22-18-36(17-21-39)29-13-9-27(10-14-29)34-32-25-5-3-24(4-6-25)31-33-26-7-11-28(12-8-26)35(15-19-37)16-20-38;17-18-13-1-3-14(4-2-13)19-20-15-5-7-16(8-6-15)21(9-11-22)10-12-23;17-13-1-3-14(4-2-13)18-19-15-5-7-16(8-6-15)20(9-11-21)10-12-22;1-12(2)14(17)18-11-9-15(8-10-16)13-6-4-3-5-7-13/h3-14,37-39H,1,15-22H2,2H3;1-8,22-23H,9-12H2;1-8,21-22H,9-12,17H2;3-7,16H,1,8-11H2,2H3/q;+1;;. The van der Waals surface area contributed by atoms with Crippen molar-refractivity contribution in [1.29, 1.82) is 5.39 Å². The number of aliphatic hydroxyl groups excluding tert-OH is 8. The summed E-state index contributed by atoms with van der Waals surface area (Å²) in [5.41, 5.74) is 17.6. The van der Waals surface area contributed by atoms with Crippen LogP contribution in [0, 0.1) is 5.39 Å². The van der Waals surface area contributed by atoms with E-state index in [4.69, 9.17) is 46.1 Å². The Morgan fingerprint density at radius 2 is 0.538 bits per heavy atom. The summed E-state index contributed by atoms with van der Waals surface area (Å²) in [6, 6.07) is 60.4. The van der Waals surface area contributed by atoms with Crippen molar-refractivity contribution < 1.29 is 59.9 Å². The molecule has 0 aliphatic rings. The van der Waals surface area contributed by atoms with Crippen molar-refractivity contribution in [2.45, 2.75) is 13.8 Å². The second-order valence-corrected chi connectivity index (χ2v) is 22.5. The number of anilines is 6. The number of hydrogen-bond acceptors (Lipinski definition) is 27. The van der Waals surface area contributed by atoms with E-state index in [1.54, 1.807) is 86.6 Å². The number of rotatable bonds is 37. The molecule has 0 radical (unpaired) electrons. The summed E-state index contributed by atoms with van der Waals surface area (Å²) in [6.07, 6.45) is 0. The van der Waals surface area contributed by atoms with Crippen LogP contribution in [0.3, 0.4) is 0 Å². The molecule has 28 nitrogen and oxygen atoms in total. The van der Waals surface area contributed by atoms with Crippen molar-refractivity contribution in [2.75, 3.05) is 162 Å². The molecule has 0 bridgehead atoms. The third kappa shape index (κ3) is 31.2. The molecule has 0 aliphatic heterocycles. The second-order valence-electron chi connectivity index (χ2n) is 22.5. The molecule has 0 atom stereocenters. The van der Waals surface area contributed by atoms with Crippen LogP contribution in [-0.2, 0) is 19.1 Å². The molecule has 0 spiro atoms. The Kier molecular flexibility index (Phi) is 38.6. The van der Waals surface area contributed by atoms with E-state index in [0.29, 0.717) is 122 Å². The second kappa shape index (κ2) is 48.3. The van der Waals surface area contributed by atoms with Crippen molar-refractivity contribution in [1.82, 2.24) is 0 Å². The van der Waals surface area contributed by atoms with Crippen molar-refractivity contribution >= 4 is 97.2 Å². The quantitative estimate of drug-likeness (QED) is 0.00574. The summed E-state index contributed by atoms with van der Waals surface area (Å²) in [5.74, 6) is -0.819. The van der Waals surface area contributed by atoms with Crippen LogP contribution in [0.15, 0.2) is 265 Å². The van der Waals surface area contributed by atoms with E-state index in [1.807, 2.05) is 152 Å². The number of nitrogens with zero attached hydrogens (tertiary/aromatic N) is 15. The number of ether oxygens (including phenoxy) is 2. The number of nitrogens with two attached hydrogens (primary N) is 1. The normalized spacial score (nSPS) is 10.8. The van der Waals surface area contributed by atoms with Gasteiger partial charge >= 0.3 is 17.6 Å². The minimum absolute atomic E-state index is 0.00520. The molecule has 0 aliphatic carbocycles. The zero-order valence-corrected chi connectivity index (χ0v) is 58.6. The Morgan fingerprint density at radius 1 is 0.337 bits per heavy atom. The van der Waals surface area contributed by atoms with Crippen LogP contribution in [-0.4, -0.2) is 184 Å². The van der Waals surface area contributed by atoms with Gasteiger partial charge in [0.05, 0.1) is 111 Å². The molecule has 0 heterocycles. The summed E-state index contributed by atoms with van der Waals surface area (Å²) in [7, 11) is 0. The fourth-order valence-corrected chi connectivity index (χ4v) is 9.29. The summed E-state index contributed by atoms with van der Waals surface area (Å²) >= 11 is 0. The van der Waals surface area contributed by atoms with Crippen LogP contribution in [0.5, 0.6) is 0 Å². The van der Waals surface area contributed by atoms with Crippen LogP contribution >= 0.6 is 0 Å². The first-order valence-electron chi connectivity index (χ1n) is 33.4. The average molecular weight is 1420 g/mol. The Labute approximate surface area is 605 Å². The van der Waals surface area contributed by atoms with E-state index in [1.165, 1.54) is 0 Å². The van der Waals surface area contributed by atoms with Crippen LogP contribution in [0.4, 0.5) is 85.3 Å². The number of carbonyl (C=O) groups is 2. The van der Waals surface area contributed by atoms with Crippen molar-refractivity contribution in [3.63, 3.8) is 0 Å². The molecular formula is C76H93N16O12+. The van der Waals surface area contributed by atoms with Gasteiger partial charge in [0, 0.05) is 110 Å². The van der Waals surface area contributed by atoms with E-state index in [0.717, 1.165) is 39.8 Å². The molecule has 0 fully saturated rings. The summed E-state index contributed by atoms with van der Waals surface area (Å²) in [5, 5.41) is 115. The van der Waals surface area contributed by atoms with Crippen molar-refractivity contribution in [2.24, 2.45) is 40.9 Å². The number of diazo groups is 1. The number of aliphatic hydroxyl groups is 8. The lowest BCUT2D eigenvalue weighted by atomic mass is 10.2. The zero-order chi connectivity index (χ0) is 75.1. The van der Waals surface area contributed by atoms with E-state index < -0.39 is 5.97 Å². The smallest absolute Gasteiger partial charge is 0.385 e. The van der Waals surface area contributed by atoms with Gasteiger partial charge in [-0.3, -0.25) is 0 Å². The maximum absolute atomic E-state index is 11.6. The minimum atomic E-state index is -0.437. The molecule has 104 heavy (non-hydrogen) atoms. The van der Waals surface area contributed by atoms with Crippen LogP contribution in [0.2, 0.25) is 0 Å². The highest BCUT2D eigenvalue weighted by Crippen LogP contribution is 2.29. The molecular weight excluding hydrogens is 1330 g/mol. The lowest BCUT2D eigenvalue weighted by molar-refractivity contribution is -0.139. The maximum atomic E-state index is 11.6. The van der Waals surface area contributed by atoms with Gasteiger partial charge in [-0.1, -0.05) is 31.4 Å². The molecule has 28 heteroatoms. The lowest BCUT2D eigenvalue weighted by Crippen LogP contribution is -2.31. The predicted octanol–water partition coefficient (Wildman–Crippen LogP) is 12.7. The Hall–Kier alpha value is -11.5. The van der Waals surface area contributed by atoms with Gasteiger partial charge in [-0.25, -0.2) is 9.59 Å². The highest BCUT2D eigenvalue weighted by Gasteiger charge is 2.13. The molecule has 0 saturated heterocycles. The van der Waals surface area contributed by atoms with Gasteiger partial charge in [-0.15, -0.1) is 0 Å². The Bertz CT molecular complexity index is 3930. The number of benzene rings is 8. The molecule has 8 aromatic rings. The number of nitrogen functional groups attached to an aromatic ring is 1. The molecule has 0 aromatic heterocycles. The monoisotopic (exact) mass is 1420 g/mol. The molecule has 0 saturated carbocycles. The Morgan fingerprint density at radius 3 is 0.760 bits per heavy atom. The lowest BCUT2D eigenvalue weighted by Gasteiger charge is -2.23. The fraction of sp³-hybridized carbons (Fsp3) is 0.289. The van der Waals surface area contributed by atoms with Crippen molar-refractivity contribution in [3.8, 4) is 0 Å². The average Bonchev–Trinajstić information content (AvgIpc) is 2.28. The minimum Gasteiger partial charge on any atom is -0.460 e. The topological polar surface area (TPSA) is 384 Å².